The average Bonchev–Trinajstić information content (AvgIpc) is 2.47. The molecule has 1 saturated heterocycles. The molecular weight excluding hydrogens is 321 g/mol. The number of benzene rings is 1. The van der Waals surface area contributed by atoms with Crippen molar-refractivity contribution in [3.05, 3.63) is 35.6 Å². The molecule has 2 amide bonds. The highest BCUT2D eigenvalue weighted by Crippen LogP contribution is 2.15. The van der Waals surface area contributed by atoms with Gasteiger partial charge in [0.2, 0.25) is 10.0 Å². The predicted octanol–water partition coefficient (Wildman–Crippen LogP) is 1.61. The molecule has 6 nitrogen and oxygen atoms in total. The van der Waals surface area contributed by atoms with Gasteiger partial charge in [0.25, 0.3) is 0 Å². The summed E-state index contributed by atoms with van der Waals surface area (Å²) in [6, 6.07) is 5.37. The van der Waals surface area contributed by atoms with Crippen molar-refractivity contribution in [1.29, 1.82) is 0 Å². The van der Waals surface area contributed by atoms with E-state index in [0.29, 0.717) is 25.9 Å². The lowest BCUT2D eigenvalue weighted by Gasteiger charge is -2.31. The molecule has 0 saturated carbocycles. The molecular formula is C15H22FN3O3S. The number of amides is 2. The molecule has 1 aliphatic heterocycles. The number of urea groups is 1. The average molecular weight is 343 g/mol. The van der Waals surface area contributed by atoms with Gasteiger partial charge in [0.15, 0.2) is 0 Å². The third-order valence-electron chi connectivity index (χ3n) is 3.98. The molecule has 8 heteroatoms. The predicted molar refractivity (Wildman–Crippen MR) is 85.9 cm³/mol. The van der Waals surface area contributed by atoms with Crippen LogP contribution >= 0.6 is 0 Å². The van der Waals surface area contributed by atoms with Crippen LogP contribution in [0, 0.1) is 5.82 Å². The molecule has 23 heavy (non-hydrogen) atoms. The molecule has 2 N–H and O–H groups in total. The number of halogens is 1. The van der Waals surface area contributed by atoms with E-state index in [0.717, 1.165) is 5.56 Å². The summed E-state index contributed by atoms with van der Waals surface area (Å²) in [5.74, 6) is -0.317. The van der Waals surface area contributed by atoms with Crippen LogP contribution in [-0.2, 0) is 10.0 Å². The minimum absolute atomic E-state index is 0.0478. The molecule has 1 fully saturated rings. The van der Waals surface area contributed by atoms with Crippen LogP contribution in [0.15, 0.2) is 24.3 Å². The second-order valence-electron chi connectivity index (χ2n) is 5.83. The lowest BCUT2D eigenvalue weighted by Crippen LogP contribution is -2.49. The first-order valence-corrected chi connectivity index (χ1v) is 9.38. The van der Waals surface area contributed by atoms with Crippen LogP contribution < -0.4 is 10.6 Å². The number of carbonyl (C=O) groups excluding carboxylic acids is 1. The van der Waals surface area contributed by atoms with E-state index >= 15 is 0 Å². The highest BCUT2D eigenvalue weighted by atomic mass is 32.2. The summed E-state index contributed by atoms with van der Waals surface area (Å²) >= 11 is 0. The Morgan fingerprint density at radius 2 is 1.83 bits per heavy atom. The van der Waals surface area contributed by atoms with Crippen LogP contribution in [0.5, 0.6) is 0 Å². The Morgan fingerprint density at radius 3 is 2.35 bits per heavy atom. The van der Waals surface area contributed by atoms with Crippen molar-refractivity contribution in [2.24, 2.45) is 0 Å². The van der Waals surface area contributed by atoms with E-state index in [4.69, 9.17) is 0 Å². The number of rotatable bonds is 4. The highest BCUT2D eigenvalue weighted by Gasteiger charge is 2.25. The molecule has 0 aromatic heterocycles. The first kappa shape index (κ1) is 17.7. The van der Waals surface area contributed by atoms with Crippen molar-refractivity contribution >= 4 is 16.1 Å². The van der Waals surface area contributed by atoms with Gasteiger partial charge >= 0.3 is 6.03 Å². The fourth-order valence-electron chi connectivity index (χ4n) is 2.59. The Hall–Kier alpha value is -1.67. The topological polar surface area (TPSA) is 78.5 Å². The summed E-state index contributed by atoms with van der Waals surface area (Å²) in [4.78, 5) is 12.0. The van der Waals surface area contributed by atoms with E-state index in [1.807, 2.05) is 6.92 Å². The SMILES string of the molecule is CC(NC(=O)NC1CCN(S(C)(=O)=O)CC1)c1ccc(F)cc1. The van der Waals surface area contributed by atoms with Gasteiger partial charge in [-0.1, -0.05) is 12.1 Å². The van der Waals surface area contributed by atoms with Gasteiger partial charge in [-0.25, -0.2) is 21.9 Å². The quantitative estimate of drug-likeness (QED) is 0.872. The van der Waals surface area contributed by atoms with Gasteiger partial charge in [0.05, 0.1) is 12.3 Å². The van der Waals surface area contributed by atoms with Crippen molar-refractivity contribution < 1.29 is 17.6 Å². The monoisotopic (exact) mass is 343 g/mol. The van der Waals surface area contributed by atoms with Gasteiger partial charge in [0, 0.05) is 19.1 Å². The summed E-state index contributed by atoms with van der Waals surface area (Å²) in [6.07, 6.45) is 2.37. The third kappa shape index (κ3) is 5.18. The highest BCUT2D eigenvalue weighted by molar-refractivity contribution is 7.88. The number of hydrogen-bond acceptors (Lipinski definition) is 3. The fraction of sp³-hybridized carbons (Fsp3) is 0.533. The first-order chi connectivity index (χ1) is 10.8. The zero-order valence-electron chi connectivity index (χ0n) is 13.3. The van der Waals surface area contributed by atoms with Crippen LogP contribution in [0.4, 0.5) is 9.18 Å². The molecule has 1 heterocycles. The van der Waals surface area contributed by atoms with Gasteiger partial charge in [-0.2, -0.15) is 0 Å². The summed E-state index contributed by atoms with van der Waals surface area (Å²) in [5.41, 5.74) is 0.813. The zero-order chi connectivity index (χ0) is 17.0. The summed E-state index contributed by atoms with van der Waals surface area (Å²) in [7, 11) is -3.16. The smallest absolute Gasteiger partial charge is 0.315 e. The second kappa shape index (κ2) is 7.27. The lowest BCUT2D eigenvalue weighted by atomic mass is 10.1. The minimum atomic E-state index is -3.16. The fourth-order valence-corrected chi connectivity index (χ4v) is 3.46. The standard InChI is InChI=1S/C15H22FN3O3S/c1-11(12-3-5-13(16)6-4-12)17-15(20)18-14-7-9-19(10-8-14)23(2,21)22/h3-6,11,14H,7-10H2,1-2H3,(H2,17,18,20). The Kier molecular flexibility index (Phi) is 5.59. The van der Waals surface area contributed by atoms with Crippen molar-refractivity contribution in [2.45, 2.75) is 31.8 Å². The third-order valence-corrected chi connectivity index (χ3v) is 5.28. The Balaban J connectivity index is 1.80. The molecule has 1 aliphatic rings. The van der Waals surface area contributed by atoms with Crippen LogP contribution in [0.2, 0.25) is 0 Å². The van der Waals surface area contributed by atoms with E-state index < -0.39 is 10.0 Å². The maximum atomic E-state index is 12.9. The number of carbonyl (C=O) groups is 1. The van der Waals surface area contributed by atoms with E-state index in [-0.39, 0.29) is 23.9 Å². The van der Waals surface area contributed by atoms with Gasteiger partial charge in [-0.05, 0) is 37.5 Å². The molecule has 0 bridgehead atoms. The van der Waals surface area contributed by atoms with E-state index in [1.54, 1.807) is 12.1 Å². The van der Waals surface area contributed by atoms with Crippen LogP contribution in [-0.4, -0.2) is 44.1 Å². The summed E-state index contributed by atoms with van der Waals surface area (Å²) in [6.45, 7) is 2.65. The molecule has 1 aromatic rings. The minimum Gasteiger partial charge on any atom is -0.335 e. The van der Waals surface area contributed by atoms with Gasteiger partial charge in [-0.15, -0.1) is 0 Å². The number of nitrogens with one attached hydrogen (secondary N) is 2. The van der Waals surface area contributed by atoms with Gasteiger partial charge < -0.3 is 10.6 Å². The second-order valence-corrected chi connectivity index (χ2v) is 7.81. The number of nitrogens with zero attached hydrogens (tertiary/aromatic N) is 1. The molecule has 1 atom stereocenters. The Labute approximate surface area is 136 Å². The summed E-state index contributed by atoms with van der Waals surface area (Å²) in [5, 5.41) is 5.66. The molecule has 128 valence electrons. The first-order valence-electron chi connectivity index (χ1n) is 7.53. The number of piperidine rings is 1. The number of hydrogen-bond donors (Lipinski definition) is 2. The van der Waals surface area contributed by atoms with Crippen molar-refractivity contribution in [2.75, 3.05) is 19.3 Å². The molecule has 1 aromatic carbocycles. The normalized spacial score (nSPS) is 18.4. The lowest BCUT2D eigenvalue weighted by molar-refractivity contribution is 0.225. The van der Waals surface area contributed by atoms with E-state index in [2.05, 4.69) is 10.6 Å². The summed E-state index contributed by atoms with van der Waals surface area (Å²) < 4.78 is 37.2. The molecule has 2 rings (SSSR count). The molecule has 1 unspecified atom stereocenters. The molecule has 0 radical (unpaired) electrons. The van der Waals surface area contributed by atoms with Crippen LogP contribution in [0.1, 0.15) is 31.4 Å². The molecule has 0 aliphatic carbocycles. The van der Waals surface area contributed by atoms with Gasteiger partial charge in [-0.3, -0.25) is 0 Å². The van der Waals surface area contributed by atoms with Crippen molar-refractivity contribution in [3.8, 4) is 0 Å². The maximum Gasteiger partial charge on any atom is 0.315 e. The van der Waals surface area contributed by atoms with Gasteiger partial charge in [0.1, 0.15) is 5.82 Å². The van der Waals surface area contributed by atoms with Crippen LogP contribution in [0.3, 0.4) is 0 Å². The maximum absolute atomic E-state index is 12.9. The zero-order valence-corrected chi connectivity index (χ0v) is 14.1. The van der Waals surface area contributed by atoms with E-state index in [9.17, 15) is 17.6 Å². The largest absolute Gasteiger partial charge is 0.335 e. The van der Waals surface area contributed by atoms with E-state index in [1.165, 1.54) is 22.7 Å². The molecule has 0 spiro atoms. The Morgan fingerprint density at radius 1 is 1.26 bits per heavy atom. The van der Waals surface area contributed by atoms with Crippen LogP contribution in [0.25, 0.3) is 0 Å². The Bertz CT molecular complexity index is 640. The van der Waals surface area contributed by atoms with Crippen molar-refractivity contribution in [3.63, 3.8) is 0 Å². The van der Waals surface area contributed by atoms with Crippen molar-refractivity contribution in [1.82, 2.24) is 14.9 Å². The number of sulfonamides is 1.